The second-order valence-corrected chi connectivity index (χ2v) is 19.2. The summed E-state index contributed by atoms with van der Waals surface area (Å²) in [4.78, 5) is 0. The molecule has 1 unspecified atom stereocenters. The van der Waals surface area contributed by atoms with E-state index in [2.05, 4.69) is 0 Å². The smallest absolute Gasteiger partial charge is 0.317 e. The maximum Gasteiger partial charge on any atom is 0.417 e. The van der Waals surface area contributed by atoms with Crippen molar-refractivity contribution < 1.29 is 13.2 Å². The minimum Gasteiger partial charge on any atom is -0.317 e. The van der Waals surface area contributed by atoms with Gasteiger partial charge in [-0.1, -0.05) is 52.6 Å². The molecule has 104 valence electrons. The highest BCUT2D eigenvalue weighted by molar-refractivity contribution is 7.61. The molecular weight excluding hydrogens is 278 g/mol. The van der Waals surface area contributed by atoms with E-state index < -0.39 is 30.5 Å². The van der Waals surface area contributed by atoms with Gasteiger partial charge in [-0.05, 0) is 6.16 Å². The van der Waals surface area contributed by atoms with Gasteiger partial charge in [0.1, 0.15) is 16.5 Å². The molecule has 0 rings (SSSR count). The molecule has 0 bridgehead atoms. The first-order valence-corrected chi connectivity index (χ1v) is 14.3. The summed E-state index contributed by atoms with van der Waals surface area (Å²) in [5, 5.41) is 0. The molecule has 0 aromatic carbocycles. The molecule has 0 heterocycles. The second kappa shape index (κ2) is 5.72. The van der Waals surface area contributed by atoms with Gasteiger partial charge >= 0.3 is 5.92 Å². The van der Waals surface area contributed by atoms with Gasteiger partial charge in [-0.3, -0.25) is 0 Å². The van der Waals surface area contributed by atoms with E-state index in [1.54, 1.807) is 0 Å². The molecule has 0 aliphatic carbocycles. The molecule has 0 amide bonds. The van der Waals surface area contributed by atoms with Crippen LogP contribution in [0.5, 0.6) is 0 Å². The van der Waals surface area contributed by atoms with Gasteiger partial charge in [-0.15, -0.1) is 0 Å². The Morgan fingerprint density at radius 3 is 1.47 bits per heavy atom. The number of halogens is 3. The van der Waals surface area contributed by atoms with Gasteiger partial charge in [0, 0.05) is 0 Å². The third kappa shape index (κ3) is 5.41. The summed E-state index contributed by atoms with van der Waals surface area (Å²) in [7, 11) is -5.84. The fraction of sp³-hybridized carbons (Fsp3) is 1.00. The van der Waals surface area contributed by atoms with Gasteiger partial charge in [0.15, 0.2) is 0 Å². The predicted octanol–water partition coefficient (Wildman–Crippen LogP) is 5.28. The lowest BCUT2D eigenvalue weighted by Gasteiger charge is -2.48. The molecule has 0 aromatic rings. The Kier molecular flexibility index (Phi) is 5.92. The van der Waals surface area contributed by atoms with Crippen LogP contribution in [0.3, 0.4) is 0 Å². The monoisotopic (exact) mass is 303 g/mol. The van der Waals surface area contributed by atoms with Crippen molar-refractivity contribution in [1.29, 1.82) is 0 Å². The van der Waals surface area contributed by atoms with Crippen molar-refractivity contribution in [2.75, 3.05) is 6.16 Å². The molecule has 0 saturated carbocycles. The van der Waals surface area contributed by atoms with Crippen molar-refractivity contribution in [2.24, 2.45) is 0 Å². The first-order valence-electron chi connectivity index (χ1n) is 5.96. The fourth-order valence-corrected chi connectivity index (χ4v) is 18.5. The minimum atomic E-state index is -4.04. The molecule has 17 heavy (non-hydrogen) atoms. The van der Waals surface area contributed by atoms with Crippen molar-refractivity contribution in [2.45, 2.75) is 58.5 Å². The van der Waals surface area contributed by atoms with E-state index in [1.165, 1.54) is 0 Å². The molecule has 0 radical (unpaired) electrons. The molecule has 1 atom stereocenters. The van der Waals surface area contributed by atoms with Crippen LogP contribution in [0.4, 0.5) is 13.2 Å². The molecule has 0 N–H and O–H groups in total. The Morgan fingerprint density at radius 1 is 0.941 bits per heavy atom. The van der Waals surface area contributed by atoms with Crippen LogP contribution in [-0.2, 0) is 0 Å². The number of alkyl halides is 3. The van der Waals surface area contributed by atoms with E-state index in [4.69, 9.17) is 0 Å². The zero-order chi connectivity index (χ0) is 14.1. The lowest BCUT2D eigenvalue weighted by molar-refractivity contribution is -0.0426. The largest absolute Gasteiger partial charge is 0.417 e. The molecule has 0 fully saturated rings. The topological polar surface area (TPSA) is 3.24 Å². The second-order valence-electron chi connectivity index (χ2n) is 6.24. The molecule has 0 aromatic heterocycles. The Balaban J connectivity index is 5.40. The molecule has 0 saturated heterocycles. The predicted molar refractivity (Wildman–Crippen MR) is 76.7 cm³/mol. The SMILES string of the molecule is CCCP(N([Si](C)(C)C)[Si](C)(C)C)C(F)(F)F. The summed E-state index contributed by atoms with van der Waals surface area (Å²) in [6.45, 7) is 14.0. The highest BCUT2D eigenvalue weighted by Gasteiger charge is 2.50. The highest BCUT2D eigenvalue weighted by atomic mass is 31.1. The third-order valence-corrected chi connectivity index (χ3v) is 15.8. The van der Waals surface area contributed by atoms with Crippen LogP contribution in [0.15, 0.2) is 0 Å². The van der Waals surface area contributed by atoms with Gasteiger partial charge in [0.05, 0.1) is 8.07 Å². The lowest BCUT2D eigenvalue weighted by Crippen LogP contribution is -2.57. The third-order valence-electron chi connectivity index (χ3n) is 2.24. The van der Waals surface area contributed by atoms with Crippen LogP contribution < -0.4 is 0 Å². The summed E-state index contributed by atoms with van der Waals surface area (Å²) < 4.78 is 41.7. The summed E-state index contributed by atoms with van der Waals surface area (Å²) in [6.07, 6.45) is 0.893. The van der Waals surface area contributed by atoms with Crippen molar-refractivity contribution in [3.63, 3.8) is 0 Å². The van der Waals surface area contributed by atoms with Gasteiger partial charge in [-0.2, -0.15) is 13.2 Å². The Labute approximate surface area is 107 Å². The zero-order valence-electron chi connectivity index (χ0n) is 11.9. The molecular formula is C10H25F3NPSi2. The Hall–Kier alpha value is 0.614. The van der Waals surface area contributed by atoms with E-state index in [-0.39, 0.29) is 6.16 Å². The lowest BCUT2D eigenvalue weighted by atomic mass is 10.6. The molecule has 0 aliphatic heterocycles. The molecule has 0 aliphatic rings. The first kappa shape index (κ1) is 17.6. The average Bonchev–Trinajstić information content (AvgIpc) is 1.96. The quantitative estimate of drug-likeness (QED) is 0.493. The summed E-state index contributed by atoms with van der Waals surface area (Å²) >= 11 is 0. The van der Waals surface area contributed by atoms with Gasteiger partial charge in [0.25, 0.3) is 0 Å². The van der Waals surface area contributed by atoms with E-state index in [9.17, 15) is 13.2 Å². The van der Waals surface area contributed by atoms with Crippen molar-refractivity contribution in [1.82, 2.24) is 4.00 Å². The average molecular weight is 303 g/mol. The Morgan fingerprint density at radius 2 is 1.29 bits per heavy atom. The fourth-order valence-electron chi connectivity index (χ4n) is 2.28. The zero-order valence-corrected chi connectivity index (χ0v) is 14.8. The normalized spacial score (nSPS) is 16.4. The Bertz CT molecular complexity index is 231. The van der Waals surface area contributed by atoms with Crippen LogP contribution in [0.2, 0.25) is 39.3 Å². The maximum absolute atomic E-state index is 13.2. The summed E-state index contributed by atoms with van der Waals surface area (Å²) in [6, 6.07) is 0. The maximum atomic E-state index is 13.2. The van der Waals surface area contributed by atoms with Gasteiger partial charge in [0.2, 0.25) is 0 Å². The van der Waals surface area contributed by atoms with E-state index in [1.807, 2.05) is 50.2 Å². The standard InChI is InChI=1S/C10H25F3NPSi2/c1-8-9-15(10(11,12)13)14(16(2,3)4)17(5,6)7/h8-9H2,1-7H3. The highest BCUT2D eigenvalue weighted by Crippen LogP contribution is 2.59. The minimum absolute atomic E-state index is 0.285. The van der Waals surface area contributed by atoms with Crippen LogP contribution in [0, 0.1) is 0 Å². The van der Waals surface area contributed by atoms with Crippen LogP contribution in [-0.4, -0.2) is 32.6 Å². The van der Waals surface area contributed by atoms with Crippen molar-refractivity contribution in [3.05, 3.63) is 0 Å². The van der Waals surface area contributed by atoms with Crippen LogP contribution in [0.25, 0.3) is 0 Å². The van der Waals surface area contributed by atoms with E-state index in [0.29, 0.717) is 6.42 Å². The van der Waals surface area contributed by atoms with E-state index >= 15 is 0 Å². The van der Waals surface area contributed by atoms with Crippen LogP contribution in [0.1, 0.15) is 13.3 Å². The van der Waals surface area contributed by atoms with Gasteiger partial charge < -0.3 is 4.00 Å². The first-order chi connectivity index (χ1) is 7.31. The number of rotatable bonds is 5. The molecule has 7 heteroatoms. The van der Waals surface area contributed by atoms with E-state index in [0.717, 1.165) is 0 Å². The molecule has 1 nitrogen and oxygen atoms in total. The number of hydrogen-bond acceptors (Lipinski definition) is 1. The van der Waals surface area contributed by atoms with Crippen molar-refractivity contribution in [3.8, 4) is 0 Å². The summed E-state index contributed by atoms with van der Waals surface area (Å²) in [5.74, 6) is -4.04. The number of hydrogen-bond donors (Lipinski definition) is 0. The van der Waals surface area contributed by atoms with Gasteiger partial charge in [-0.25, -0.2) is 0 Å². The van der Waals surface area contributed by atoms with Crippen molar-refractivity contribution >= 4 is 24.5 Å². The molecule has 0 spiro atoms. The number of nitrogens with zero attached hydrogens (tertiary/aromatic N) is 1. The van der Waals surface area contributed by atoms with Crippen LogP contribution >= 0.6 is 8.07 Å². The summed E-state index contributed by atoms with van der Waals surface area (Å²) in [5.41, 5.74) is 0.